The molecule has 0 saturated heterocycles. The number of aryl methyl sites for hydroxylation is 1. The molecule has 0 atom stereocenters. The molecule has 138 valence electrons. The summed E-state index contributed by atoms with van der Waals surface area (Å²) in [5.74, 6) is 1.10. The van der Waals surface area contributed by atoms with Crippen LogP contribution in [0, 0.1) is 11.7 Å². The van der Waals surface area contributed by atoms with Crippen molar-refractivity contribution in [3.63, 3.8) is 0 Å². The SMILES string of the molecule is COc1cccc(/C=N\n2c(=S)[nH]nc(C)c2=O)c1OCc1ccccc1. The predicted octanol–water partition coefficient (Wildman–Crippen LogP) is 3.08. The second-order valence-corrected chi connectivity index (χ2v) is 6.02. The highest BCUT2D eigenvalue weighted by Gasteiger charge is 2.10. The average molecular weight is 382 g/mol. The van der Waals surface area contributed by atoms with Crippen molar-refractivity contribution in [2.24, 2.45) is 5.10 Å². The Hall–Kier alpha value is -3.26. The van der Waals surface area contributed by atoms with E-state index in [4.69, 9.17) is 21.7 Å². The Kier molecular flexibility index (Phi) is 5.77. The molecule has 3 rings (SSSR count). The Labute approximate surface area is 160 Å². The molecular formula is C19H18N4O3S. The van der Waals surface area contributed by atoms with E-state index in [0.29, 0.717) is 23.7 Å². The van der Waals surface area contributed by atoms with Gasteiger partial charge < -0.3 is 9.47 Å². The molecule has 0 unspecified atom stereocenters. The van der Waals surface area contributed by atoms with Gasteiger partial charge in [0.2, 0.25) is 4.77 Å². The highest BCUT2D eigenvalue weighted by atomic mass is 32.1. The van der Waals surface area contributed by atoms with Crippen molar-refractivity contribution in [1.82, 2.24) is 14.9 Å². The lowest BCUT2D eigenvalue weighted by atomic mass is 10.2. The van der Waals surface area contributed by atoms with Crippen LogP contribution in [-0.4, -0.2) is 28.2 Å². The van der Waals surface area contributed by atoms with Crippen molar-refractivity contribution < 1.29 is 9.47 Å². The van der Waals surface area contributed by atoms with E-state index in [1.165, 1.54) is 6.21 Å². The van der Waals surface area contributed by atoms with Crippen LogP contribution in [0.1, 0.15) is 16.8 Å². The minimum absolute atomic E-state index is 0.108. The maximum Gasteiger partial charge on any atom is 0.296 e. The van der Waals surface area contributed by atoms with Gasteiger partial charge in [-0.15, -0.1) is 0 Å². The molecule has 0 bridgehead atoms. The van der Waals surface area contributed by atoms with Crippen molar-refractivity contribution in [3.8, 4) is 11.5 Å². The van der Waals surface area contributed by atoms with Gasteiger partial charge in [-0.05, 0) is 36.8 Å². The van der Waals surface area contributed by atoms with Gasteiger partial charge in [-0.1, -0.05) is 36.4 Å². The molecule has 3 aromatic rings. The molecule has 0 aliphatic rings. The molecular weight excluding hydrogens is 364 g/mol. The zero-order chi connectivity index (χ0) is 19.2. The highest BCUT2D eigenvalue weighted by molar-refractivity contribution is 7.71. The molecule has 1 heterocycles. The smallest absolute Gasteiger partial charge is 0.296 e. The van der Waals surface area contributed by atoms with Gasteiger partial charge in [-0.2, -0.15) is 14.9 Å². The van der Waals surface area contributed by atoms with Crippen molar-refractivity contribution in [3.05, 3.63) is 80.5 Å². The van der Waals surface area contributed by atoms with Gasteiger partial charge >= 0.3 is 0 Å². The second-order valence-electron chi connectivity index (χ2n) is 5.63. The maximum absolute atomic E-state index is 12.2. The molecule has 7 nitrogen and oxygen atoms in total. The van der Waals surface area contributed by atoms with E-state index >= 15 is 0 Å². The van der Waals surface area contributed by atoms with E-state index in [9.17, 15) is 4.79 Å². The fourth-order valence-corrected chi connectivity index (χ4v) is 2.55. The first kappa shape index (κ1) is 18.5. The van der Waals surface area contributed by atoms with E-state index in [0.717, 1.165) is 10.2 Å². The number of para-hydroxylation sites is 1. The van der Waals surface area contributed by atoms with Gasteiger partial charge in [0, 0.05) is 5.56 Å². The monoisotopic (exact) mass is 382 g/mol. The summed E-state index contributed by atoms with van der Waals surface area (Å²) in [5.41, 5.74) is 1.56. The molecule has 0 amide bonds. The summed E-state index contributed by atoms with van der Waals surface area (Å²) in [6, 6.07) is 15.2. The summed E-state index contributed by atoms with van der Waals surface area (Å²) in [4.78, 5) is 12.2. The molecule has 27 heavy (non-hydrogen) atoms. The first-order valence-electron chi connectivity index (χ1n) is 8.16. The number of rotatable bonds is 6. The van der Waals surface area contributed by atoms with E-state index < -0.39 is 0 Å². The van der Waals surface area contributed by atoms with Gasteiger partial charge in [-0.25, -0.2) is 0 Å². The van der Waals surface area contributed by atoms with Gasteiger partial charge in [0.25, 0.3) is 5.56 Å². The Balaban J connectivity index is 1.95. The molecule has 0 fully saturated rings. The topological polar surface area (TPSA) is 81.5 Å². The number of hydrogen-bond acceptors (Lipinski definition) is 6. The lowest BCUT2D eigenvalue weighted by Crippen LogP contribution is -2.22. The zero-order valence-corrected chi connectivity index (χ0v) is 15.7. The third-order valence-electron chi connectivity index (χ3n) is 3.78. The largest absolute Gasteiger partial charge is 0.493 e. The molecule has 0 spiro atoms. The van der Waals surface area contributed by atoms with Gasteiger partial charge in [0.15, 0.2) is 11.5 Å². The Bertz CT molecular complexity index is 1070. The maximum atomic E-state index is 12.2. The summed E-state index contributed by atoms with van der Waals surface area (Å²) in [6.45, 7) is 1.95. The molecule has 2 aromatic carbocycles. The average Bonchev–Trinajstić information content (AvgIpc) is 2.70. The summed E-state index contributed by atoms with van der Waals surface area (Å²) in [6.07, 6.45) is 1.51. The number of nitrogens with zero attached hydrogens (tertiary/aromatic N) is 3. The molecule has 8 heteroatoms. The number of hydrogen-bond donors (Lipinski definition) is 1. The molecule has 0 radical (unpaired) electrons. The van der Waals surface area contributed by atoms with Crippen LogP contribution in [0.25, 0.3) is 0 Å². The van der Waals surface area contributed by atoms with Gasteiger partial charge in [0.1, 0.15) is 12.3 Å². The van der Waals surface area contributed by atoms with Crippen molar-refractivity contribution >= 4 is 18.4 Å². The van der Waals surface area contributed by atoms with Crippen LogP contribution in [0.2, 0.25) is 0 Å². The summed E-state index contributed by atoms with van der Waals surface area (Å²) < 4.78 is 12.6. The van der Waals surface area contributed by atoms with E-state index in [1.807, 2.05) is 42.5 Å². The first-order chi connectivity index (χ1) is 13.1. The number of methoxy groups -OCH3 is 1. The van der Waals surface area contributed by atoms with Crippen molar-refractivity contribution in [1.29, 1.82) is 0 Å². The summed E-state index contributed by atoms with van der Waals surface area (Å²) in [7, 11) is 1.57. The Morgan fingerprint density at radius 1 is 1.22 bits per heavy atom. The third-order valence-corrected chi connectivity index (χ3v) is 4.05. The fraction of sp³-hybridized carbons (Fsp3) is 0.158. The summed E-state index contributed by atoms with van der Waals surface area (Å²) >= 11 is 5.09. The third kappa shape index (κ3) is 4.29. The minimum atomic E-state index is -0.385. The lowest BCUT2D eigenvalue weighted by Gasteiger charge is -2.13. The van der Waals surface area contributed by atoms with Crippen LogP contribution >= 0.6 is 12.2 Å². The molecule has 1 N–H and O–H groups in total. The Morgan fingerprint density at radius 2 is 2.00 bits per heavy atom. The molecule has 1 aromatic heterocycles. The van der Waals surface area contributed by atoms with Crippen LogP contribution in [0.15, 0.2) is 58.4 Å². The van der Waals surface area contributed by atoms with Crippen LogP contribution in [0.3, 0.4) is 0 Å². The number of aromatic amines is 1. The normalized spacial score (nSPS) is 10.9. The minimum Gasteiger partial charge on any atom is -0.493 e. The first-order valence-corrected chi connectivity index (χ1v) is 8.57. The number of benzene rings is 2. The van der Waals surface area contributed by atoms with E-state index in [-0.39, 0.29) is 16.0 Å². The zero-order valence-electron chi connectivity index (χ0n) is 14.9. The highest BCUT2D eigenvalue weighted by Crippen LogP contribution is 2.30. The van der Waals surface area contributed by atoms with Gasteiger partial charge in [0.05, 0.1) is 13.3 Å². The van der Waals surface area contributed by atoms with E-state index in [2.05, 4.69) is 15.3 Å². The second kappa shape index (κ2) is 8.41. The number of nitrogens with one attached hydrogen (secondary N) is 1. The van der Waals surface area contributed by atoms with Crippen molar-refractivity contribution in [2.45, 2.75) is 13.5 Å². The van der Waals surface area contributed by atoms with Crippen LogP contribution in [0.4, 0.5) is 0 Å². The van der Waals surface area contributed by atoms with Crippen molar-refractivity contribution in [2.75, 3.05) is 7.11 Å². The number of ether oxygens (including phenoxy) is 2. The van der Waals surface area contributed by atoms with E-state index in [1.54, 1.807) is 20.1 Å². The predicted molar refractivity (Wildman–Crippen MR) is 105 cm³/mol. The quantitative estimate of drug-likeness (QED) is 0.523. The molecule has 0 saturated carbocycles. The molecule has 0 aliphatic heterocycles. The molecule has 0 aliphatic carbocycles. The van der Waals surface area contributed by atoms with Gasteiger partial charge in [-0.3, -0.25) is 9.89 Å². The van der Waals surface area contributed by atoms with Crippen LogP contribution in [-0.2, 0) is 6.61 Å². The lowest BCUT2D eigenvalue weighted by molar-refractivity contribution is 0.284. The standard InChI is InChI=1S/C19H18N4O3S/c1-13-18(24)23(19(27)22-21-13)20-11-15-9-6-10-16(25-2)17(15)26-12-14-7-4-3-5-8-14/h3-11H,12H2,1-2H3,(H,22,27)/b20-11-. The Morgan fingerprint density at radius 3 is 2.74 bits per heavy atom. The number of H-pyrrole nitrogens is 1. The fourth-order valence-electron chi connectivity index (χ4n) is 2.38. The number of aromatic nitrogens is 3. The summed E-state index contributed by atoms with van der Waals surface area (Å²) in [5, 5.41) is 10.6. The van der Waals surface area contributed by atoms with Crippen LogP contribution < -0.4 is 15.0 Å². The van der Waals surface area contributed by atoms with Crippen LogP contribution in [0.5, 0.6) is 11.5 Å².